The molecule has 0 bridgehead atoms. The highest BCUT2D eigenvalue weighted by molar-refractivity contribution is 6.28. The van der Waals surface area contributed by atoms with Crippen LogP contribution >= 0.6 is 0 Å². The van der Waals surface area contributed by atoms with Gasteiger partial charge in [0.1, 0.15) is 11.9 Å². The van der Waals surface area contributed by atoms with Crippen LogP contribution in [0.15, 0.2) is 29.3 Å². The minimum Gasteiger partial charge on any atom is -0.507 e. The molecule has 1 spiro atoms. The number of carbonyl (C=O) groups is 4. The zero-order chi connectivity index (χ0) is 23.4. The molecule has 1 aromatic rings. The van der Waals surface area contributed by atoms with Crippen LogP contribution in [0.5, 0.6) is 5.75 Å². The molecule has 1 saturated heterocycles. The van der Waals surface area contributed by atoms with E-state index < -0.39 is 65.7 Å². The number of fused-ring (bicyclic) bond motifs is 2. The molecule has 1 aromatic carbocycles. The number of methoxy groups -OCH3 is 1. The lowest BCUT2D eigenvalue weighted by Crippen LogP contribution is -2.64. The lowest BCUT2D eigenvalue weighted by molar-refractivity contribution is -0.325. The number of aliphatic hydroxyl groups excluding tert-OH is 1. The molecule has 0 amide bonds. The molecule has 0 radical (unpaired) electrons. The normalized spacial score (nSPS) is 31.8. The number of carboxylic acid groups (broad SMARTS) is 1. The number of Topliss-reactive ketones (excluding diaryl/α,β-unsaturated/α-hetero) is 2. The van der Waals surface area contributed by atoms with Crippen LogP contribution in [-0.2, 0) is 23.8 Å². The summed E-state index contributed by atoms with van der Waals surface area (Å²) in [5.74, 6) is -7.25. The standard InChI is InChI=1S/C22H22O10/c1-9-6-13(21(29)30-2)20(28)22(31-9)17-12(7-10(32-22)8-15(24)25)18(26)11-4-3-5-14(23)16(11)19(17)27/h3-5,9-10,13,20,23,28H,6-8H2,1-2H3,(H,24,25)/t9-,10+,13-,20-,22-/m0/s1. The number of aromatic hydroxyl groups is 1. The maximum atomic E-state index is 13.5. The predicted molar refractivity (Wildman–Crippen MR) is 105 cm³/mol. The Morgan fingerprint density at radius 3 is 2.59 bits per heavy atom. The number of aliphatic carboxylic acids is 1. The summed E-state index contributed by atoms with van der Waals surface area (Å²) in [6.45, 7) is 1.59. The number of esters is 1. The minimum atomic E-state index is -2.28. The van der Waals surface area contributed by atoms with Gasteiger partial charge in [-0.1, -0.05) is 12.1 Å². The van der Waals surface area contributed by atoms with E-state index in [1.807, 2.05) is 0 Å². The van der Waals surface area contributed by atoms with Crippen molar-refractivity contribution in [3.05, 3.63) is 40.5 Å². The predicted octanol–water partition coefficient (Wildman–Crippen LogP) is 0.987. The zero-order valence-corrected chi connectivity index (χ0v) is 17.4. The Bertz CT molecular complexity index is 1060. The summed E-state index contributed by atoms with van der Waals surface area (Å²) in [4.78, 5) is 50.6. The molecule has 0 aromatic heterocycles. The molecular weight excluding hydrogens is 424 g/mol. The van der Waals surface area contributed by atoms with Crippen LogP contribution < -0.4 is 0 Å². The van der Waals surface area contributed by atoms with Crippen LogP contribution in [0, 0.1) is 5.92 Å². The summed E-state index contributed by atoms with van der Waals surface area (Å²) in [5.41, 5.74) is -0.698. The highest BCUT2D eigenvalue weighted by Crippen LogP contribution is 2.50. The Kier molecular flexibility index (Phi) is 5.40. The second kappa shape index (κ2) is 7.80. The van der Waals surface area contributed by atoms with Crippen LogP contribution in [0.3, 0.4) is 0 Å². The number of aliphatic hydroxyl groups is 1. The Morgan fingerprint density at radius 1 is 1.22 bits per heavy atom. The summed E-state index contributed by atoms with van der Waals surface area (Å²) < 4.78 is 16.6. The highest BCUT2D eigenvalue weighted by atomic mass is 16.7. The molecule has 4 rings (SSSR count). The molecule has 0 saturated carbocycles. The Balaban J connectivity index is 1.94. The molecule has 32 heavy (non-hydrogen) atoms. The van der Waals surface area contributed by atoms with Crippen LogP contribution in [0.1, 0.15) is 46.9 Å². The Hall–Kier alpha value is -3.08. The van der Waals surface area contributed by atoms with Gasteiger partial charge in [0.25, 0.3) is 0 Å². The first-order valence-electron chi connectivity index (χ1n) is 10.1. The van der Waals surface area contributed by atoms with Crippen molar-refractivity contribution in [3.8, 4) is 5.75 Å². The quantitative estimate of drug-likeness (QED) is 0.572. The fraction of sp³-hybridized carbons (Fsp3) is 0.455. The van der Waals surface area contributed by atoms with Crippen molar-refractivity contribution in [1.29, 1.82) is 0 Å². The molecule has 1 aliphatic carbocycles. The van der Waals surface area contributed by atoms with E-state index in [9.17, 15) is 34.5 Å². The second-order valence-corrected chi connectivity index (χ2v) is 8.16. The van der Waals surface area contributed by atoms with E-state index >= 15 is 0 Å². The monoisotopic (exact) mass is 446 g/mol. The SMILES string of the molecule is COC(=O)[C@H]1C[C@H](C)O[C@@]2(O[C@@H](CC(=O)O)CC3=C2C(=O)c2c(O)cccc2C3=O)[C@H]1O. The van der Waals surface area contributed by atoms with E-state index in [1.165, 1.54) is 18.2 Å². The van der Waals surface area contributed by atoms with Crippen molar-refractivity contribution >= 4 is 23.5 Å². The van der Waals surface area contributed by atoms with Gasteiger partial charge >= 0.3 is 11.9 Å². The molecule has 170 valence electrons. The molecule has 3 aliphatic rings. The molecule has 10 heteroatoms. The number of benzene rings is 1. The minimum absolute atomic E-state index is 0.0391. The molecule has 1 fully saturated rings. The maximum Gasteiger partial charge on any atom is 0.311 e. The Labute approximate surface area is 182 Å². The lowest BCUT2D eigenvalue weighted by atomic mass is 9.72. The van der Waals surface area contributed by atoms with E-state index in [-0.39, 0.29) is 35.1 Å². The fourth-order valence-corrected chi connectivity index (χ4v) is 4.80. The van der Waals surface area contributed by atoms with Gasteiger partial charge in [-0.25, -0.2) is 0 Å². The van der Waals surface area contributed by atoms with Crippen LogP contribution in [-0.4, -0.2) is 70.0 Å². The number of rotatable bonds is 3. The molecule has 5 atom stereocenters. The van der Waals surface area contributed by atoms with Crippen molar-refractivity contribution in [2.75, 3.05) is 7.11 Å². The van der Waals surface area contributed by atoms with Crippen molar-refractivity contribution in [2.45, 2.75) is 50.3 Å². The van der Waals surface area contributed by atoms with Gasteiger partial charge in [0.15, 0.2) is 11.6 Å². The van der Waals surface area contributed by atoms with Crippen LogP contribution in [0.4, 0.5) is 0 Å². The van der Waals surface area contributed by atoms with Crippen LogP contribution in [0.2, 0.25) is 0 Å². The average molecular weight is 446 g/mol. The fourth-order valence-electron chi connectivity index (χ4n) is 4.80. The first kappa shape index (κ1) is 22.1. The van der Waals surface area contributed by atoms with Gasteiger partial charge in [-0.3, -0.25) is 19.2 Å². The van der Waals surface area contributed by atoms with Crippen molar-refractivity contribution in [2.24, 2.45) is 5.92 Å². The molecule has 2 aliphatic heterocycles. The summed E-state index contributed by atoms with van der Waals surface area (Å²) in [6.07, 6.45) is -4.28. The highest BCUT2D eigenvalue weighted by Gasteiger charge is 2.61. The van der Waals surface area contributed by atoms with E-state index in [4.69, 9.17) is 14.2 Å². The van der Waals surface area contributed by atoms with Gasteiger partial charge in [-0.05, 0) is 19.4 Å². The smallest absolute Gasteiger partial charge is 0.311 e. The molecule has 3 N–H and O–H groups in total. The second-order valence-electron chi connectivity index (χ2n) is 8.16. The van der Waals surface area contributed by atoms with E-state index in [1.54, 1.807) is 6.92 Å². The summed E-state index contributed by atoms with van der Waals surface area (Å²) in [5, 5.41) is 30.8. The largest absolute Gasteiger partial charge is 0.507 e. The first-order chi connectivity index (χ1) is 15.1. The van der Waals surface area contributed by atoms with E-state index in [0.717, 1.165) is 7.11 Å². The van der Waals surface area contributed by atoms with Gasteiger partial charge in [0.2, 0.25) is 5.79 Å². The third-order valence-electron chi connectivity index (χ3n) is 6.08. The third-order valence-corrected chi connectivity index (χ3v) is 6.08. The van der Waals surface area contributed by atoms with Gasteiger partial charge in [0, 0.05) is 17.6 Å². The zero-order valence-electron chi connectivity index (χ0n) is 17.4. The summed E-state index contributed by atoms with van der Waals surface area (Å²) in [7, 11) is 1.14. The number of ketones is 2. The average Bonchev–Trinajstić information content (AvgIpc) is 2.73. The van der Waals surface area contributed by atoms with Crippen molar-refractivity contribution in [3.63, 3.8) is 0 Å². The van der Waals surface area contributed by atoms with E-state index in [0.29, 0.717) is 0 Å². The van der Waals surface area contributed by atoms with Gasteiger partial charge in [-0.15, -0.1) is 0 Å². The van der Waals surface area contributed by atoms with Gasteiger partial charge in [-0.2, -0.15) is 0 Å². The number of hydrogen-bond donors (Lipinski definition) is 3. The molecule has 2 heterocycles. The number of phenols is 1. The first-order valence-corrected chi connectivity index (χ1v) is 10.1. The summed E-state index contributed by atoms with van der Waals surface area (Å²) in [6, 6.07) is 4.04. The number of carbonyl (C=O) groups excluding carboxylic acids is 3. The van der Waals surface area contributed by atoms with Crippen molar-refractivity contribution < 1.29 is 48.7 Å². The number of ether oxygens (including phenoxy) is 3. The number of phenolic OH excluding ortho intramolecular Hbond substituents is 1. The number of hydrogen-bond acceptors (Lipinski definition) is 9. The Morgan fingerprint density at radius 2 is 1.94 bits per heavy atom. The van der Waals surface area contributed by atoms with Crippen LogP contribution in [0.25, 0.3) is 0 Å². The summed E-state index contributed by atoms with van der Waals surface area (Å²) >= 11 is 0. The van der Waals surface area contributed by atoms with Crippen molar-refractivity contribution in [1.82, 2.24) is 0 Å². The number of carboxylic acids is 1. The lowest BCUT2D eigenvalue weighted by Gasteiger charge is -2.51. The maximum absolute atomic E-state index is 13.5. The van der Waals surface area contributed by atoms with Gasteiger partial charge < -0.3 is 29.5 Å². The van der Waals surface area contributed by atoms with Gasteiger partial charge in [0.05, 0.1) is 42.8 Å². The molecular formula is C22H22O10. The van der Waals surface area contributed by atoms with E-state index in [2.05, 4.69) is 0 Å². The third kappa shape index (κ3) is 3.22. The molecule has 10 nitrogen and oxygen atoms in total. The molecule has 0 unspecified atom stereocenters. The topological polar surface area (TPSA) is 157 Å².